The van der Waals surface area contributed by atoms with Gasteiger partial charge in [0.2, 0.25) is 0 Å². The molecule has 1 aromatic rings. The van der Waals surface area contributed by atoms with Crippen LogP contribution in [0.4, 0.5) is 0 Å². The average Bonchev–Trinajstić information content (AvgIpc) is 2.09. The summed E-state index contributed by atoms with van der Waals surface area (Å²) in [6.45, 7) is 5.91. The first kappa shape index (κ1) is 10.2. The Morgan fingerprint density at radius 1 is 1.31 bits per heavy atom. The van der Waals surface area contributed by atoms with E-state index in [1.807, 2.05) is 0 Å². The second kappa shape index (κ2) is 5.00. The summed E-state index contributed by atoms with van der Waals surface area (Å²) in [5.41, 5.74) is 3.91. The van der Waals surface area contributed by atoms with Gasteiger partial charge >= 0.3 is 0 Å². The topological polar surface area (TPSA) is 32.3 Å². The normalized spacial score (nSPS) is 10.4. The van der Waals surface area contributed by atoms with Gasteiger partial charge in [-0.15, -0.1) is 0 Å². The maximum Gasteiger partial charge on any atom is 0.0556 e. The lowest BCUT2D eigenvalue weighted by molar-refractivity contribution is 0.292. The van der Waals surface area contributed by atoms with Crippen LogP contribution in [-0.2, 0) is 6.54 Å². The Morgan fingerprint density at radius 2 is 2.08 bits per heavy atom. The Morgan fingerprint density at radius 3 is 2.69 bits per heavy atom. The fourth-order valence-corrected chi connectivity index (χ4v) is 1.35. The molecule has 0 bridgehead atoms. The van der Waals surface area contributed by atoms with Crippen molar-refractivity contribution >= 4 is 0 Å². The second-order valence-electron chi connectivity index (χ2n) is 3.33. The summed E-state index contributed by atoms with van der Waals surface area (Å²) in [6.07, 6.45) is 0. The third kappa shape index (κ3) is 3.17. The van der Waals surface area contributed by atoms with Crippen molar-refractivity contribution in [1.82, 2.24) is 5.32 Å². The number of benzene rings is 1. The Kier molecular flexibility index (Phi) is 3.93. The van der Waals surface area contributed by atoms with Gasteiger partial charge in [0.25, 0.3) is 0 Å². The highest BCUT2D eigenvalue weighted by Crippen LogP contribution is 2.09. The van der Waals surface area contributed by atoms with Gasteiger partial charge in [0, 0.05) is 13.1 Å². The lowest BCUT2D eigenvalue weighted by atomic mass is 10.1. The molecule has 0 saturated carbocycles. The number of aliphatic hydroxyl groups excluding tert-OH is 1. The number of aliphatic hydroxyl groups is 1. The van der Waals surface area contributed by atoms with Gasteiger partial charge in [-0.3, -0.25) is 0 Å². The van der Waals surface area contributed by atoms with Crippen molar-refractivity contribution in [2.75, 3.05) is 13.2 Å². The highest BCUT2D eigenvalue weighted by Gasteiger charge is 1.96. The lowest BCUT2D eigenvalue weighted by Crippen LogP contribution is -2.17. The van der Waals surface area contributed by atoms with Crippen molar-refractivity contribution < 1.29 is 5.11 Å². The minimum absolute atomic E-state index is 0.199. The molecule has 0 aliphatic rings. The van der Waals surface area contributed by atoms with Gasteiger partial charge in [-0.2, -0.15) is 0 Å². The predicted octanol–water partition coefficient (Wildman–Crippen LogP) is 1.39. The average molecular weight is 179 g/mol. The van der Waals surface area contributed by atoms with E-state index >= 15 is 0 Å². The molecular formula is C11H17NO. The highest BCUT2D eigenvalue weighted by atomic mass is 16.3. The van der Waals surface area contributed by atoms with E-state index in [1.54, 1.807) is 0 Å². The van der Waals surface area contributed by atoms with E-state index < -0.39 is 0 Å². The molecule has 13 heavy (non-hydrogen) atoms. The van der Waals surface area contributed by atoms with Crippen molar-refractivity contribution in [2.45, 2.75) is 20.4 Å². The van der Waals surface area contributed by atoms with E-state index in [-0.39, 0.29) is 6.61 Å². The molecule has 2 N–H and O–H groups in total. The molecular weight excluding hydrogens is 162 g/mol. The summed E-state index contributed by atoms with van der Waals surface area (Å²) in [5, 5.41) is 11.8. The van der Waals surface area contributed by atoms with Crippen molar-refractivity contribution in [1.29, 1.82) is 0 Å². The quantitative estimate of drug-likeness (QED) is 0.684. The zero-order valence-corrected chi connectivity index (χ0v) is 8.30. The Hall–Kier alpha value is -0.860. The number of aryl methyl sites for hydroxylation is 2. The molecule has 0 spiro atoms. The number of hydrogen-bond acceptors (Lipinski definition) is 2. The third-order valence-electron chi connectivity index (χ3n) is 2.10. The van der Waals surface area contributed by atoms with Crippen LogP contribution in [0.25, 0.3) is 0 Å². The van der Waals surface area contributed by atoms with Crippen LogP contribution in [0.1, 0.15) is 16.7 Å². The smallest absolute Gasteiger partial charge is 0.0556 e. The minimum atomic E-state index is 0.199. The molecule has 0 fully saturated rings. The van der Waals surface area contributed by atoms with E-state index in [0.717, 1.165) is 6.54 Å². The maximum atomic E-state index is 8.60. The molecule has 0 aliphatic carbocycles. The third-order valence-corrected chi connectivity index (χ3v) is 2.10. The molecule has 0 saturated heterocycles. The van der Waals surface area contributed by atoms with Crippen LogP contribution in [0, 0.1) is 13.8 Å². The van der Waals surface area contributed by atoms with Crippen molar-refractivity contribution in [3.63, 3.8) is 0 Å². The molecule has 1 rings (SSSR count). The summed E-state index contributed by atoms with van der Waals surface area (Å²) in [6, 6.07) is 6.42. The van der Waals surface area contributed by atoms with E-state index in [1.165, 1.54) is 16.7 Å². The fourth-order valence-electron chi connectivity index (χ4n) is 1.35. The van der Waals surface area contributed by atoms with Crippen LogP contribution in [0.5, 0.6) is 0 Å². The van der Waals surface area contributed by atoms with Crippen molar-refractivity contribution in [3.05, 3.63) is 34.9 Å². The molecule has 0 aromatic heterocycles. The molecule has 72 valence electrons. The van der Waals surface area contributed by atoms with Crippen molar-refractivity contribution in [3.8, 4) is 0 Å². The second-order valence-corrected chi connectivity index (χ2v) is 3.33. The molecule has 2 heteroatoms. The SMILES string of the molecule is Cc1ccc(CNCCO)c(C)c1. The molecule has 0 atom stereocenters. The van der Waals surface area contributed by atoms with E-state index in [0.29, 0.717) is 6.54 Å². The number of nitrogens with one attached hydrogen (secondary N) is 1. The standard InChI is InChI=1S/C11H17NO/c1-9-3-4-11(10(2)7-9)8-12-5-6-13/h3-4,7,12-13H,5-6,8H2,1-2H3. The molecule has 0 aliphatic heterocycles. The van der Waals surface area contributed by atoms with Crippen LogP contribution < -0.4 is 5.32 Å². The Labute approximate surface area is 79.6 Å². The van der Waals surface area contributed by atoms with Gasteiger partial charge in [-0.25, -0.2) is 0 Å². The summed E-state index contributed by atoms with van der Waals surface area (Å²) < 4.78 is 0. The van der Waals surface area contributed by atoms with Crippen LogP contribution in [0.15, 0.2) is 18.2 Å². The summed E-state index contributed by atoms with van der Waals surface area (Å²) >= 11 is 0. The van der Waals surface area contributed by atoms with Gasteiger partial charge in [-0.1, -0.05) is 23.8 Å². The largest absolute Gasteiger partial charge is 0.395 e. The fraction of sp³-hybridized carbons (Fsp3) is 0.455. The zero-order valence-electron chi connectivity index (χ0n) is 8.30. The van der Waals surface area contributed by atoms with E-state index in [9.17, 15) is 0 Å². The first-order valence-electron chi connectivity index (χ1n) is 4.61. The monoisotopic (exact) mass is 179 g/mol. The molecule has 2 nitrogen and oxygen atoms in total. The Bertz CT molecular complexity index is 271. The van der Waals surface area contributed by atoms with Gasteiger partial charge in [-0.05, 0) is 25.0 Å². The zero-order chi connectivity index (χ0) is 9.68. The van der Waals surface area contributed by atoms with E-state index in [2.05, 4.69) is 37.4 Å². The minimum Gasteiger partial charge on any atom is -0.395 e. The first-order chi connectivity index (χ1) is 6.24. The maximum absolute atomic E-state index is 8.60. The molecule has 0 heterocycles. The number of rotatable bonds is 4. The first-order valence-corrected chi connectivity index (χ1v) is 4.61. The van der Waals surface area contributed by atoms with Gasteiger partial charge < -0.3 is 10.4 Å². The predicted molar refractivity (Wildman–Crippen MR) is 54.7 cm³/mol. The molecule has 0 amide bonds. The van der Waals surface area contributed by atoms with Crippen LogP contribution >= 0.6 is 0 Å². The van der Waals surface area contributed by atoms with Gasteiger partial charge in [0.15, 0.2) is 0 Å². The van der Waals surface area contributed by atoms with Crippen molar-refractivity contribution in [2.24, 2.45) is 0 Å². The van der Waals surface area contributed by atoms with Crippen LogP contribution in [0.3, 0.4) is 0 Å². The molecule has 0 unspecified atom stereocenters. The highest BCUT2D eigenvalue weighted by molar-refractivity contribution is 5.30. The van der Waals surface area contributed by atoms with Gasteiger partial charge in [0.05, 0.1) is 6.61 Å². The molecule has 1 aromatic carbocycles. The van der Waals surface area contributed by atoms with Crippen LogP contribution in [-0.4, -0.2) is 18.3 Å². The van der Waals surface area contributed by atoms with E-state index in [4.69, 9.17) is 5.11 Å². The molecule has 0 radical (unpaired) electrons. The summed E-state index contributed by atoms with van der Waals surface area (Å²) in [5.74, 6) is 0. The van der Waals surface area contributed by atoms with Crippen LogP contribution in [0.2, 0.25) is 0 Å². The van der Waals surface area contributed by atoms with Gasteiger partial charge in [0.1, 0.15) is 0 Å². The number of hydrogen-bond donors (Lipinski definition) is 2. The summed E-state index contributed by atoms with van der Waals surface area (Å²) in [4.78, 5) is 0. The lowest BCUT2D eigenvalue weighted by Gasteiger charge is -2.07. The Balaban J connectivity index is 2.56. The summed E-state index contributed by atoms with van der Waals surface area (Å²) in [7, 11) is 0.